The second kappa shape index (κ2) is 14.1. The van der Waals surface area contributed by atoms with Crippen molar-refractivity contribution >= 4 is 36.3 Å². The van der Waals surface area contributed by atoms with Gasteiger partial charge in [-0.25, -0.2) is 4.79 Å². The lowest BCUT2D eigenvalue weighted by Crippen LogP contribution is -2.58. The number of aliphatic hydroxyl groups excluding tert-OH is 2. The molecule has 0 saturated heterocycles. The van der Waals surface area contributed by atoms with Gasteiger partial charge in [-0.05, 0) is 25.8 Å². The largest absolute Gasteiger partial charge is 0.480 e. The van der Waals surface area contributed by atoms with Crippen LogP contribution in [0.5, 0.6) is 0 Å². The first kappa shape index (κ1) is 26.1. The van der Waals surface area contributed by atoms with E-state index in [9.17, 15) is 29.4 Å². The fourth-order valence-electron chi connectivity index (χ4n) is 2.04. The molecule has 0 spiro atoms. The highest BCUT2D eigenvalue weighted by Gasteiger charge is 2.29. The van der Waals surface area contributed by atoms with Crippen molar-refractivity contribution in [3.63, 3.8) is 0 Å². The van der Waals surface area contributed by atoms with Crippen molar-refractivity contribution in [2.75, 3.05) is 25.5 Å². The van der Waals surface area contributed by atoms with Crippen LogP contribution >= 0.6 is 12.6 Å². The second-order valence-electron chi connectivity index (χ2n) is 5.96. The summed E-state index contributed by atoms with van der Waals surface area (Å²) < 4.78 is 0. The van der Waals surface area contributed by atoms with Gasteiger partial charge in [-0.3, -0.25) is 14.4 Å². The van der Waals surface area contributed by atoms with Gasteiger partial charge in [-0.15, -0.1) is 0 Å². The Morgan fingerprint density at radius 3 is 1.86 bits per heavy atom. The highest BCUT2D eigenvalue weighted by molar-refractivity contribution is 7.80. The van der Waals surface area contributed by atoms with Crippen molar-refractivity contribution < 1.29 is 34.5 Å². The molecule has 0 fully saturated rings. The van der Waals surface area contributed by atoms with Gasteiger partial charge in [0.05, 0.1) is 13.2 Å². The summed E-state index contributed by atoms with van der Waals surface area (Å²) in [7, 11) is 0. The van der Waals surface area contributed by atoms with Crippen LogP contribution in [0.3, 0.4) is 0 Å². The minimum Gasteiger partial charge on any atom is -0.480 e. The minimum atomic E-state index is -1.44. The van der Waals surface area contributed by atoms with Crippen LogP contribution in [0.25, 0.3) is 0 Å². The number of thiol groups is 1. The molecular weight excluding hydrogens is 394 g/mol. The van der Waals surface area contributed by atoms with Gasteiger partial charge in [-0.2, -0.15) is 12.6 Å². The van der Waals surface area contributed by atoms with Crippen molar-refractivity contribution in [2.45, 2.75) is 43.4 Å². The van der Waals surface area contributed by atoms with E-state index >= 15 is 0 Å². The Balaban J connectivity index is 4.89. The molecule has 0 heterocycles. The summed E-state index contributed by atoms with van der Waals surface area (Å²) in [5.41, 5.74) is 10.7. The van der Waals surface area contributed by atoms with Crippen LogP contribution in [-0.2, 0) is 19.2 Å². The summed E-state index contributed by atoms with van der Waals surface area (Å²) in [6.07, 6.45) is 1.20. The number of amides is 3. The van der Waals surface area contributed by atoms with E-state index in [1.165, 1.54) is 0 Å². The number of rotatable bonds is 14. The SMILES string of the molecule is NCCCCC(NC(=O)C(CO)NC(=O)C(CS)NC(=O)C(N)CO)C(=O)O. The van der Waals surface area contributed by atoms with E-state index in [0.717, 1.165) is 0 Å². The molecule has 0 bridgehead atoms. The number of aliphatic carboxylic acids is 1. The number of nitrogens with one attached hydrogen (secondary N) is 3. The Hall–Kier alpha value is -1.93. The standard InChI is InChI=1S/C15H29N5O7S/c16-4-2-1-3-9(15(26)27)18-13(24)10(6-22)19-14(25)11(7-28)20-12(23)8(17)5-21/h8-11,21-22,28H,1-7,16-17H2,(H,18,24)(H,19,25)(H,20,23)(H,26,27). The fourth-order valence-corrected chi connectivity index (χ4v) is 2.30. The average Bonchev–Trinajstić information content (AvgIpc) is 2.67. The van der Waals surface area contributed by atoms with Crippen molar-refractivity contribution in [1.82, 2.24) is 16.0 Å². The third-order valence-corrected chi connectivity index (χ3v) is 4.09. The lowest BCUT2D eigenvalue weighted by Gasteiger charge is -2.23. The molecule has 162 valence electrons. The summed E-state index contributed by atoms with van der Waals surface area (Å²) in [6, 6.07) is -5.06. The molecule has 0 saturated carbocycles. The van der Waals surface area contributed by atoms with Gasteiger partial charge in [0.25, 0.3) is 0 Å². The van der Waals surface area contributed by atoms with Gasteiger partial charge in [0, 0.05) is 5.75 Å². The molecule has 0 aromatic heterocycles. The van der Waals surface area contributed by atoms with E-state index in [2.05, 4.69) is 28.6 Å². The Labute approximate surface area is 167 Å². The Bertz CT molecular complexity index is 537. The van der Waals surface area contributed by atoms with Gasteiger partial charge >= 0.3 is 5.97 Å². The zero-order chi connectivity index (χ0) is 21.7. The van der Waals surface area contributed by atoms with Crippen LogP contribution in [0.1, 0.15) is 19.3 Å². The van der Waals surface area contributed by atoms with Crippen LogP contribution < -0.4 is 27.4 Å². The zero-order valence-corrected chi connectivity index (χ0v) is 16.2. The summed E-state index contributed by atoms with van der Waals surface area (Å²) in [4.78, 5) is 47.4. The molecule has 28 heavy (non-hydrogen) atoms. The van der Waals surface area contributed by atoms with Crippen molar-refractivity contribution in [1.29, 1.82) is 0 Å². The monoisotopic (exact) mass is 423 g/mol. The molecule has 0 aromatic rings. The highest BCUT2D eigenvalue weighted by Crippen LogP contribution is 2.02. The number of carboxylic acids is 1. The first-order valence-corrected chi connectivity index (χ1v) is 9.27. The molecule has 0 radical (unpaired) electrons. The fraction of sp³-hybridized carbons (Fsp3) is 0.733. The van der Waals surface area contributed by atoms with Crippen molar-refractivity contribution in [2.24, 2.45) is 11.5 Å². The van der Waals surface area contributed by atoms with Gasteiger partial charge in [-0.1, -0.05) is 0 Å². The van der Waals surface area contributed by atoms with Gasteiger partial charge in [0.2, 0.25) is 17.7 Å². The van der Waals surface area contributed by atoms with Gasteiger partial charge in [0.15, 0.2) is 0 Å². The maximum Gasteiger partial charge on any atom is 0.326 e. The van der Waals surface area contributed by atoms with Crippen molar-refractivity contribution in [3.8, 4) is 0 Å². The normalized spacial score (nSPS) is 15.0. The highest BCUT2D eigenvalue weighted by atomic mass is 32.1. The molecular formula is C15H29N5O7S. The number of hydrogen-bond acceptors (Lipinski definition) is 9. The molecule has 0 aliphatic heterocycles. The van der Waals surface area contributed by atoms with E-state index in [4.69, 9.17) is 16.6 Å². The van der Waals surface area contributed by atoms with Crippen LogP contribution in [0.15, 0.2) is 0 Å². The Morgan fingerprint density at radius 1 is 0.857 bits per heavy atom. The Morgan fingerprint density at radius 2 is 1.39 bits per heavy atom. The maximum absolute atomic E-state index is 12.2. The summed E-state index contributed by atoms with van der Waals surface area (Å²) in [5.74, 6) is -3.93. The first-order chi connectivity index (χ1) is 13.2. The van der Waals surface area contributed by atoms with E-state index in [1.54, 1.807) is 0 Å². The Kier molecular flexibility index (Phi) is 13.1. The van der Waals surface area contributed by atoms with E-state index in [-0.39, 0.29) is 12.2 Å². The first-order valence-electron chi connectivity index (χ1n) is 8.63. The number of carbonyl (C=O) groups is 4. The molecule has 0 aliphatic rings. The van der Waals surface area contributed by atoms with Gasteiger partial charge in [0.1, 0.15) is 24.2 Å². The number of carboxylic acid groups (broad SMARTS) is 1. The van der Waals surface area contributed by atoms with Crippen LogP contribution in [0.4, 0.5) is 0 Å². The molecule has 3 amide bonds. The summed E-state index contributed by atoms with van der Waals surface area (Å²) >= 11 is 3.93. The average molecular weight is 423 g/mol. The van der Waals surface area contributed by atoms with E-state index < -0.39 is 61.1 Å². The second-order valence-corrected chi connectivity index (χ2v) is 6.33. The lowest BCUT2D eigenvalue weighted by molar-refractivity contribution is -0.142. The third-order valence-electron chi connectivity index (χ3n) is 3.73. The number of aliphatic hydroxyl groups is 2. The molecule has 0 rings (SSSR count). The van der Waals surface area contributed by atoms with Crippen LogP contribution in [-0.4, -0.2) is 88.7 Å². The molecule has 0 aromatic carbocycles. The third kappa shape index (κ3) is 9.32. The molecule has 0 aliphatic carbocycles. The van der Waals surface area contributed by atoms with Crippen LogP contribution in [0, 0.1) is 0 Å². The number of hydrogen-bond donors (Lipinski definition) is 9. The van der Waals surface area contributed by atoms with Crippen molar-refractivity contribution in [3.05, 3.63) is 0 Å². The lowest BCUT2D eigenvalue weighted by atomic mass is 10.1. The van der Waals surface area contributed by atoms with E-state index in [1.807, 2.05) is 0 Å². The predicted octanol–water partition coefficient (Wildman–Crippen LogP) is -4.10. The van der Waals surface area contributed by atoms with Crippen LogP contribution in [0.2, 0.25) is 0 Å². The zero-order valence-electron chi connectivity index (χ0n) is 15.3. The number of unbranched alkanes of at least 4 members (excludes halogenated alkanes) is 1. The molecule has 4 unspecified atom stereocenters. The summed E-state index contributed by atoms with van der Waals surface area (Å²) in [5, 5.41) is 34.1. The van der Waals surface area contributed by atoms with Gasteiger partial charge < -0.3 is 42.7 Å². The maximum atomic E-state index is 12.2. The molecule has 4 atom stereocenters. The number of carbonyl (C=O) groups excluding carboxylic acids is 3. The topological polar surface area (TPSA) is 217 Å². The number of nitrogens with two attached hydrogens (primary N) is 2. The summed E-state index contributed by atoms with van der Waals surface area (Å²) in [6.45, 7) is -1.04. The quantitative estimate of drug-likeness (QED) is 0.0978. The minimum absolute atomic E-state index is 0.138. The predicted molar refractivity (Wildman–Crippen MR) is 102 cm³/mol. The smallest absolute Gasteiger partial charge is 0.326 e. The van der Waals surface area contributed by atoms with E-state index in [0.29, 0.717) is 19.4 Å². The molecule has 10 N–H and O–H groups in total. The molecule has 12 nitrogen and oxygen atoms in total. The molecule has 13 heteroatoms.